The molecule has 2 aromatic rings. The summed E-state index contributed by atoms with van der Waals surface area (Å²) in [5.41, 5.74) is 7.56. The zero-order chi connectivity index (χ0) is 14.5. The van der Waals surface area contributed by atoms with Crippen LogP contribution in [0.15, 0.2) is 48.5 Å². The fourth-order valence-corrected chi connectivity index (χ4v) is 2.03. The molecular weight excluding hydrogens is 272 g/mol. The number of anilines is 1. The number of amides is 1. The molecular formula is C15H14N2O2S. The molecule has 0 unspecified atom stereocenters. The maximum atomic E-state index is 12.0. The number of rotatable bonds is 4. The molecule has 2 aromatic carbocycles. The Labute approximate surface area is 122 Å². The molecule has 20 heavy (non-hydrogen) atoms. The summed E-state index contributed by atoms with van der Waals surface area (Å²) < 4.78 is 0. The Morgan fingerprint density at radius 1 is 1.20 bits per heavy atom. The van der Waals surface area contributed by atoms with Crippen LogP contribution in [0.1, 0.15) is 11.1 Å². The molecule has 0 fully saturated rings. The van der Waals surface area contributed by atoms with Gasteiger partial charge in [-0.15, -0.1) is 0 Å². The third-order valence-electron chi connectivity index (χ3n) is 2.74. The van der Waals surface area contributed by atoms with Crippen LogP contribution in [0.5, 0.6) is 5.75 Å². The second kappa shape index (κ2) is 6.16. The van der Waals surface area contributed by atoms with Crippen LogP contribution in [-0.2, 0) is 11.2 Å². The van der Waals surface area contributed by atoms with Gasteiger partial charge >= 0.3 is 0 Å². The molecule has 0 saturated carbocycles. The molecule has 0 aromatic heterocycles. The Morgan fingerprint density at radius 2 is 1.95 bits per heavy atom. The van der Waals surface area contributed by atoms with Gasteiger partial charge in [0.2, 0.25) is 5.91 Å². The number of para-hydroxylation sites is 1. The van der Waals surface area contributed by atoms with Crippen LogP contribution in [0.25, 0.3) is 0 Å². The van der Waals surface area contributed by atoms with Crippen molar-refractivity contribution < 1.29 is 9.90 Å². The van der Waals surface area contributed by atoms with Gasteiger partial charge in [0, 0.05) is 5.56 Å². The summed E-state index contributed by atoms with van der Waals surface area (Å²) in [6.07, 6.45) is 0.167. The Bertz CT molecular complexity index is 656. The predicted octanol–water partition coefficient (Wildman–Crippen LogP) is 2.21. The minimum Gasteiger partial charge on any atom is -0.508 e. The van der Waals surface area contributed by atoms with Gasteiger partial charge in [0.1, 0.15) is 10.7 Å². The molecule has 0 bridgehead atoms. The summed E-state index contributed by atoms with van der Waals surface area (Å²) in [4.78, 5) is 12.2. The number of hydrogen-bond donors (Lipinski definition) is 3. The molecule has 0 aliphatic heterocycles. The van der Waals surface area contributed by atoms with Crippen molar-refractivity contribution in [2.75, 3.05) is 5.32 Å². The van der Waals surface area contributed by atoms with E-state index in [1.807, 2.05) is 0 Å². The standard InChI is InChI=1S/C15H14N2O2S/c16-15(20)12-6-1-2-7-13(12)17-14(19)9-10-4-3-5-11(18)8-10/h1-8,18H,9H2,(H2,16,20)(H,17,19). The SMILES string of the molecule is NC(=S)c1ccccc1NC(=O)Cc1cccc(O)c1. The van der Waals surface area contributed by atoms with Crippen molar-refractivity contribution in [2.45, 2.75) is 6.42 Å². The van der Waals surface area contributed by atoms with Gasteiger partial charge in [-0.3, -0.25) is 4.79 Å². The van der Waals surface area contributed by atoms with Gasteiger partial charge in [-0.1, -0.05) is 36.5 Å². The van der Waals surface area contributed by atoms with E-state index in [0.29, 0.717) is 11.3 Å². The number of phenols is 1. The topological polar surface area (TPSA) is 75.3 Å². The lowest BCUT2D eigenvalue weighted by Crippen LogP contribution is -2.18. The lowest BCUT2D eigenvalue weighted by atomic mass is 10.1. The third-order valence-corrected chi connectivity index (χ3v) is 2.96. The van der Waals surface area contributed by atoms with Gasteiger partial charge < -0.3 is 16.2 Å². The summed E-state index contributed by atoms with van der Waals surface area (Å²) in [6, 6.07) is 13.7. The maximum Gasteiger partial charge on any atom is 0.228 e. The largest absolute Gasteiger partial charge is 0.508 e. The van der Waals surface area contributed by atoms with E-state index in [-0.39, 0.29) is 23.1 Å². The first-order chi connectivity index (χ1) is 9.56. The van der Waals surface area contributed by atoms with Gasteiger partial charge in [0.05, 0.1) is 12.1 Å². The summed E-state index contributed by atoms with van der Waals surface area (Å²) in [5.74, 6) is -0.0573. The second-order valence-corrected chi connectivity index (χ2v) is 4.74. The average Bonchev–Trinajstić information content (AvgIpc) is 2.38. The van der Waals surface area contributed by atoms with Gasteiger partial charge in [0.15, 0.2) is 0 Å². The fraction of sp³-hybridized carbons (Fsp3) is 0.0667. The highest BCUT2D eigenvalue weighted by molar-refractivity contribution is 7.80. The van der Waals surface area contributed by atoms with Gasteiger partial charge in [-0.2, -0.15) is 0 Å². The molecule has 4 nitrogen and oxygen atoms in total. The number of thiocarbonyl (C=S) groups is 1. The van der Waals surface area contributed by atoms with E-state index in [2.05, 4.69) is 5.32 Å². The number of nitrogens with two attached hydrogens (primary N) is 1. The van der Waals surface area contributed by atoms with Crippen LogP contribution in [0, 0.1) is 0 Å². The van der Waals surface area contributed by atoms with Crippen LogP contribution in [0.3, 0.4) is 0 Å². The van der Waals surface area contributed by atoms with Crippen molar-refractivity contribution >= 4 is 28.8 Å². The van der Waals surface area contributed by atoms with E-state index in [9.17, 15) is 9.90 Å². The normalized spacial score (nSPS) is 10.0. The smallest absolute Gasteiger partial charge is 0.228 e. The highest BCUT2D eigenvalue weighted by Gasteiger charge is 2.09. The summed E-state index contributed by atoms with van der Waals surface area (Å²) in [6.45, 7) is 0. The third kappa shape index (κ3) is 3.55. The number of aromatic hydroxyl groups is 1. The Kier molecular flexibility index (Phi) is 4.32. The van der Waals surface area contributed by atoms with E-state index < -0.39 is 0 Å². The molecule has 0 spiro atoms. The molecule has 4 N–H and O–H groups in total. The van der Waals surface area contributed by atoms with Crippen LogP contribution >= 0.6 is 12.2 Å². The molecule has 0 saturated heterocycles. The maximum absolute atomic E-state index is 12.0. The molecule has 2 rings (SSSR count). The summed E-state index contributed by atoms with van der Waals surface area (Å²) >= 11 is 4.94. The van der Waals surface area contributed by atoms with Gasteiger partial charge in [-0.05, 0) is 29.8 Å². The summed E-state index contributed by atoms with van der Waals surface area (Å²) in [5, 5.41) is 12.1. The van der Waals surface area contributed by atoms with Crippen molar-refractivity contribution in [1.82, 2.24) is 0 Å². The Hall–Kier alpha value is -2.40. The molecule has 102 valence electrons. The van der Waals surface area contributed by atoms with Crippen LogP contribution in [-0.4, -0.2) is 16.0 Å². The van der Waals surface area contributed by atoms with Crippen molar-refractivity contribution in [2.24, 2.45) is 5.73 Å². The number of hydrogen-bond acceptors (Lipinski definition) is 3. The lowest BCUT2D eigenvalue weighted by Gasteiger charge is -2.10. The highest BCUT2D eigenvalue weighted by atomic mass is 32.1. The first-order valence-corrected chi connectivity index (χ1v) is 6.43. The number of carbonyl (C=O) groups excluding carboxylic acids is 1. The Balaban J connectivity index is 2.11. The Morgan fingerprint density at radius 3 is 2.65 bits per heavy atom. The fourth-order valence-electron chi connectivity index (χ4n) is 1.85. The van der Waals surface area contributed by atoms with E-state index in [0.717, 1.165) is 5.56 Å². The summed E-state index contributed by atoms with van der Waals surface area (Å²) in [7, 11) is 0. The molecule has 0 atom stereocenters. The lowest BCUT2D eigenvalue weighted by molar-refractivity contribution is -0.115. The number of carbonyl (C=O) groups is 1. The van der Waals surface area contributed by atoms with Crippen molar-refractivity contribution in [1.29, 1.82) is 0 Å². The second-order valence-electron chi connectivity index (χ2n) is 4.30. The predicted molar refractivity (Wildman–Crippen MR) is 82.8 cm³/mol. The van der Waals surface area contributed by atoms with E-state index in [4.69, 9.17) is 18.0 Å². The van der Waals surface area contributed by atoms with Crippen molar-refractivity contribution in [3.63, 3.8) is 0 Å². The minimum absolute atomic E-state index is 0.138. The van der Waals surface area contributed by atoms with Crippen molar-refractivity contribution in [3.05, 3.63) is 59.7 Å². The quantitative estimate of drug-likeness (QED) is 0.753. The number of benzene rings is 2. The van der Waals surface area contributed by atoms with E-state index in [1.54, 1.807) is 48.5 Å². The first kappa shape index (κ1) is 14.0. The van der Waals surface area contributed by atoms with Crippen LogP contribution < -0.4 is 11.1 Å². The first-order valence-electron chi connectivity index (χ1n) is 6.03. The highest BCUT2D eigenvalue weighted by Crippen LogP contribution is 2.16. The molecule has 0 radical (unpaired) electrons. The van der Waals surface area contributed by atoms with Gasteiger partial charge in [-0.25, -0.2) is 0 Å². The molecule has 0 aliphatic rings. The number of nitrogens with one attached hydrogen (secondary N) is 1. The number of phenolic OH excluding ortho intramolecular Hbond substituents is 1. The molecule has 0 heterocycles. The minimum atomic E-state index is -0.195. The molecule has 0 aliphatic carbocycles. The van der Waals surface area contributed by atoms with Crippen LogP contribution in [0.2, 0.25) is 0 Å². The zero-order valence-electron chi connectivity index (χ0n) is 10.7. The average molecular weight is 286 g/mol. The van der Waals surface area contributed by atoms with E-state index in [1.165, 1.54) is 0 Å². The van der Waals surface area contributed by atoms with Crippen LogP contribution in [0.4, 0.5) is 5.69 Å². The monoisotopic (exact) mass is 286 g/mol. The molecule has 5 heteroatoms. The van der Waals surface area contributed by atoms with E-state index >= 15 is 0 Å². The van der Waals surface area contributed by atoms with Gasteiger partial charge in [0.25, 0.3) is 0 Å². The molecule has 1 amide bonds. The zero-order valence-corrected chi connectivity index (χ0v) is 11.5. The van der Waals surface area contributed by atoms with Crippen molar-refractivity contribution in [3.8, 4) is 5.75 Å².